The Hall–Kier alpha value is -6.22. The molecule has 0 fully saturated rings. The second-order valence-corrected chi connectivity index (χ2v) is 16.3. The van der Waals surface area contributed by atoms with E-state index in [0.717, 1.165) is 17.1 Å². The smallest absolute Gasteiger partial charge is 0.0714 e. The van der Waals surface area contributed by atoms with Crippen molar-refractivity contribution in [1.29, 1.82) is 0 Å². The second kappa shape index (κ2) is 11.6. The standard InChI is InChI=1S/C52H37NS/c1-51(2)44-24-14-12-22-39(44)40-28-26-37(32-46(40)51)53(36-20-10-5-11-21-36)38-27-29-43-47(33-38)52(34-16-6-3-7-17-34,35-18-8-4-9-19-35)45-31-30-42-41-23-13-15-25-48(41)54-50(42)49(43)45/h3-33H,1-2H3. The van der Waals surface area contributed by atoms with Gasteiger partial charge in [-0.15, -0.1) is 11.3 Å². The number of rotatable bonds is 5. The van der Waals surface area contributed by atoms with Gasteiger partial charge in [-0.2, -0.15) is 0 Å². The Morgan fingerprint density at radius 3 is 1.70 bits per heavy atom. The molecule has 1 nitrogen and oxygen atoms in total. The van der Waals surface area contributed by atoms with Crippen LogP contribution in [0.3, 0.4) is 0 Å². The number of fused-ring (bicyclic) bond motifs is 10. The van der Waals surface area contributed by atoms with E-state index in [1.165, 1.54) is 75.8 Å². The molecule has 0 amide bonds. The van der Waals surface area contributed by atoms with Crippen molar-refractivity contribution in [1.82, 2.24) is 0 Å². The fourth-order valence-corrected chi connectivity index (χ4v) is 11.0. The predicted octanol–water partition coefficient (Wildman–Crippen LogP) is 14.2. The van der Waals surface area contributed by atoms with Gasteiger partial charge in [0.1, 0.15) is 0 Å². The van der Waals surface area contributed by atoms with Crippen LogP contribution >= 0.6 is 11.3 Å². The van der Waals surface area contributed by atoms with Gasteiger partial charge < -0.3 is 4.90 Å². The number of hydrogen-bond acceptors (Lipinski definition) is 2. The molecule has 0 spiro atoms. The molecule has 1 aromatic heterocycles. The minimum Gasteiger partial charge on any atom is -0.310 e. The lowest BCUT2D eigenvalue weighted by atomic mass is 9.67. The van der Waals surface area contributed by atoms with Gasteiger partial charge in [-0.3, -0.25) is 0 Å². The fraction of sp³-hybridized carbons (Fsp3) is 0.0769. The molecule has 9 aromatic rings. The highest BCUT2D eigenvalue weighted by Crippen LogP contribution is 2.60. The molecule has 2 aliphatic rings. The lowest BCUT2D eigenvalue weighted by Crippen LogP contribution is -2.28. The Morgan fingerprint density at radius 2 is 0.981 bits per heavy atom. The average molecular weight is 708 g/mol. The number of anilines is 3. The third-order valence-corrected chi connectivity index (χ3v) is 13.3. The van der Waals surface area contributed by atoms with Crippen molar-refractivity contribution >= 4 is 48.6 Å². The number of nitrogens with zero attached hydrogens (tertiary/aromatic N) is 1. The molecule has 2 heteroatoms. The molecule has 1 heterocycles. The van der Waals surface area contributed by atoms with Gasteiger partial charge in [0.15, 0.2) is 0 Å². The van der Waals surface area contributed by atoms with Crippen molar-refractivity contribution in [2.24, 2.45) is 0 Å². The summed E-state index contributed by atoms with van der Waals surface area (Å²) < 4.78 is 2.68. The van der Waals surface area contributed by atoms with Crippen molar-refractivity contribution in [2.45, 2.75) is 24.7 Å². The molecular weight excluding hydrogens is 671 g/mol. The predicted molar refractivity (Wildman–Crippen MR) is 229 cm³/mol. The van der Waals surface area contributed by atoms with E-state index in [9.17, 15) is 0 Å². The van der Waals surface area contributed by atoms with E-state index in [2.05, 4.69) is 207 Å². The van der Waals surface area contributed by atoms with E-state index >= 15 is 0 Å². The molecule has 0 N–H and O–H groups in total. The molecule has 0 saturated heterocycles. The number of benzene rings is 8. The monoisotopic (exact) mass is 707 g/mol. The lowest BCUT2D eigenvalue weighted by molar-refractivity contribution is 0.660. The Bertz CT molecular complexity index is 2860. The average Bonchev–Trinajstić information content (AvgIpc) is 3.83. The van der Waals surface area contributed by atoms with E-state index < -0.39 is 5.41 Å². The molecule has 0 unspecified atom stereocenters. The first kappa shape index (κ1) is 31.3. The largest absolute Gasteiger partial charge is 0.310 e. The molecule has 0 aliphatic heterocycles. The van der Waals surface area contributed by atoms with Crippen LogP contribution in [0.15, 0.2) is 188 Å². The van der Waals surface area contributed by atoms with Crippen LogP contribution in [0.2, 0.25) is 0 Å². The van der Waals surface area contributed by atoms with Crippen LogP contribution < -0.4 is 4.90 Å². The van der Waals surface area contributed by atoms with Gasteiger partial charge in [-0.25, -0.2) is 0 Å². The summed E-state index contributed by atoms with van der Waals surface area (Å²) in [4.78, 5) is 2.46. The first-order chi connectivity index (χ1) is 26.5. The molecule has 11 rings (SSSR count). The maximum atomic E-state index is 2.49. The molecule has 2 aliphatic carbocycles. The summed E-state index contributed by atoms with van der Waals surface area (Å²) in [6, 6.07) is 70.1. The first-order valence-corrected chi connectivity index (χ1v) is 19.7. The molecular formula is C52H37NS. The zero-order valence-corrected chi connectivity index (χ0v) is 31.1. The van der Waals surface area contributed by atoms with Crippen LogP contribution in [0.1, 0.15) is 47.2 Å². The van der Waals surface area contributed by atoms with E-state index in [-0.39, 0.29) is 5.41 Å². The van der Waals surface area contributed by atoms with Crippen molar-refractivity contribution < 1.29 is 0 Å². The van der Waals surface area contributed by atoms with E-state index in [0.29, 0.717) is 0 Å². The van der Waals surface area contributed by atoms with Gasteiger partial charge >= 0.3 is 0 Å². The SMILES string of the molecule is CC1(C)c2ccccc2-c2ccc(N(c3ccccc3)c3ccc4c(c3)C(c3ccccc3)(c3ccccc3)c3ccc5c(sc6ccccc65)c3-4)cc21. The topological polar surface area (TPSA) is 3.24 Å². The third kappa shape index (κ3) is 4.26. The Kier molecular flexibility index (Phi) is 6.75. The van der Waals surface area contributed by atoms with Crippen molar-refractivity contribution in [2.75, 3.05) is 4.90 Å². The Labute approximate surface area is 320 Å². The maximum absolute atomic E-state index is 2.49. The minimum atomic E-state index is -0.516. The van der Waals surface area contributed by atoms with Gasteiger partial charge in [0.25, 0.3) is 0 Å². The van der Waals surface area contributed by atoms with Gasteiger partial charge in [-0.05, 0) is 92.5 Å². The summed E-state index contributed by atoms with van der Waals surface area (Å²) in [5.74, 6) is 0. The molecule has 0 atom stereocenters. The summed E-state index contributed by atoms with van der Waals surface area (Å²) in [6.45, 7) is 4.73. The Morgan fingerprint density at radius 1 is 0.407 bits per heavy atom. The van der Waals surface area contributed by atoms with Crippen molar-refractivity contribution in [3.8, 4) is 22.3 Å². The van der Waals surface area contributed by atoms with E-state index in [1.54, 1.807) is 0 Å². The Balaban J connectivity index is 1.21. The van der Waals surface area contributed by atoms with E-state index in [1.807, 2.05) is 11.3 Å². The van der Waals surface area contributed by atoms with Gasteiger partial charge in [0.05, 0.1) is 5.41 Å². The van der Waals surface area contributed by atoms with Crippen molar-refractivity contribution in [3.63, 3.8) is 0 Å². The van der Waals surface area contributed by atoms with Crippen molar-refractivity contribution in [3.05, 3.63) is 221 Å². The fourth-order valence-electron chi connectivity index (χ4n) is 9.73. The number of para-hydroxylation sites is 1. The van der Waals surface area contributed by atoms with Crippen LogP contribution in [0.4, 0.5) is 17.1 Å². The van der Waals surface area contributed by atoms with Crippen LogP contribution in [-0.4, -0.2) is 0 Å². The molecule has 8 aromatic carbocycles. The van der Waals surface area contributed by atoms with Gasteiger partial charge in [-0.1, -0.05) is 159 Å². The highest BCUT2D eigenvalue weighted by atomic mass is 32.1. The van der Waals surface area contributed by atoms with Gasteiger partial charge in [0.2, 0.25) is 0 Å². The third-order valence-electron chi connectivity index (χ3n) is 12.1. The van der Waals surface area contributed by atoms with Gasteiger partial charge in [0, 0.05) is 48.2 Å². The number of hydrogen-bond donors (Lipinski definition) is 0. The first-order valence-electron chi connectivity index (χ1n) is 18.9. The van der Waals surface area contributed by atoms with E-state index in [4.69, 9.17) is 0 Å². The quantitative estimate of drug-likeness (QED) is 0.172. The lowest BCUT2D eigenvalue weighted by Gasteiger charge is -2.35. The summed E-state index contributed by atoms with van der Waals surface area (Å²) >= 11 is 1.92. The summed E-state index contributed by atoms with van der Waals surface area (Å²) in [5.41, 5.74) is 16.1. The molecule has 256 valence electrons. The summed E-state index contributed by atoms with van der Waals surface area (Å²) in [7, 11) is 0. The molecule has 0 bridgehead atoms. The summed E-state index contributed by atoms with van der Waals surface area (Å²) in [5, 5.41) is 2.65. The van der Waals surface area contributed by atoms with Crippen LogP contribution in [0.25, 0.3) is 42.4 Å². The number of thiophene rings is 1. The zero-order valence-electron chi connectivity index (χ0n) is 30.3. The summed E-state index contributed by atoms with van der Waals surface area (Å²) in [6.07, 6.45) is 0. The molecule has 0 saturated carbocycles. The molecule has 54 heavy (non-hydrogen) atoms. The molecule has 0 radical (unpaired) electrons. The van der Waals surface area contributed by atoms with Crippen LogP contribution in [-0.2, 0) is 10.8 Å². The zero-order chi connectivity index (χ0) is 36.0. The minimum absolute atomic E-state index is 0.102. The highest BCUT2D eigenvalue weighted by molar-refractivity contribution is 7.26. The van der Waals surface area contributed by atoms with Crippen LogP contribution in [0.5, 0.6) is 0 Å². The van der Waals surface area contributed by atoms with Crippen LogP contribution in [0, 0.1) is 0 Å². The maximum Gasteiger partial charge on any atom is 0.0714 e. The second-order valence-electron chi connectivity index (χ2n) is 15.2. The normalized spacial score (nSPS) is 14.4. The highest BCUT2D eigenvalue weighted by Gasteiger charge is 2.47.